The monoisotopic (exact) mass is 294 g/mol. The summed E-state index contributed by atoms with van der Waals surface area (Å²) in [6, 6.07) is 0. The van der Waals surface area contributed by atoms with Gasteiger partial charge in [-0.2, -0.15) is 0 Å². The zero-order chi connectivity index (χ0) is 14.4. The first-order valence-electron chi connectivity index (χ1n) is 8.32. The molecule has 0 radical (unpaired) electrons. The number of aryl methyl sites for hydroxylation is 2. The van der Waals surface area contributed by atoms with E-state index in [4.69, 9.17) is 10.7 Å². The smallest absolute Gasteiger partial charge is 0.1000 e. The predicted octanol–water partition coefficient (Wildman–Crippen LogP) is 4.60. The SMILES string of the molecule is CC(C)(CN)c1nc2c(s1)CCCCCCCCCC2. The predicted molar refractivity (Wildman–Crippen MR) is 88.5 cm³/mol. The van der Waals surface area contributed by atoms with Gasteiger partial charge in [-0.1, -0.05) is 52.4 Å². The molecule has 0 amide bonds. The molecule has 0 saturated heterocycles. The highest BCUT2D eigenvalue weighted by Crippen LogP contribution is 2.31. The molecule has 1 aliphatic carbocycles. The molecule has 0 unspecified atom stereocenters. The number of hydrogen-bond acceptors (Lipinski definition) is 3. The maximum atomic E-state index is 5.92. The van der Waals surface area contributed by atoms with Gasteiger partial charge in [0.25, 0.3) is 0 Å². The second-order valence-electron chi connectivity index (χ2n) is 6.81. The van der Waals surface area contributed by atoms with Crippen molar-refractivity contribution in [3.05, 3.63) is 15.6 Å². The minimum atomic E-state index is 0.0334. The molecular formula is C17H30N2S. The standard InChI is InChI=1S/C17H30N2S/c1-17(2,13-18)16-19-14-11-9-7-5-3-4-6-8-10-12-15(14)20-16/h3-13,18H2,1-2H3. The van der Waals surface area contributed by atoms with Gasteiger partial charge in [-0.25, -0.2) is 4.98 Å². The van der Waals surface area contributed by atoms with E-state index in [0.717, 1.165) is 0 Å². The number of nitrogens with zero attached hydrogens (tertiary/aromatic N) is 1. The van der Waals surface area contributed by atoms with Crippen molar-refractivity contribution in [2.75, 3.05) is 6.54 Å². The van der Waals surface area contributed by atoms with Gasteiger partial charge in [-0.3, -0.25) is 0 Å². The van der Waals surface area contributed by atoms with Crippen molar-refractivity contribution in [2.45, 2.75) is 83.5 Å². The van der Waals surface area contributed by atoms with Crippen molar-refractivity contribution < 1.29 is 0 Å². The Kier molecular flexibility index (Phi) is 6.03. The summed E-state index contributed by atoms with van der Waals surface area (Å²) in [5, 5.41) is 1.25. The summed E-state index contributed by atoms with van der Waals surface area (Å²) in [5.41, 5.74) is 7.33. The van der Waals surface area contributed by atoms with Crippen LogP contribution in [0.1, 0.15) is 80.8 Å². The van der Waals surface area contributed by atoms with Crippen LogP contribution in [0.25, 0.3) is 0 Å². The average Bonchev–Trinajstić information content (AvgIpc) is 2.83. The number of rotatable bonds is 2. The van der Waals surface area contributed by atoms with Gasteiger partial charge in [0.2, 0.25) is 0 Å². The first-order valence-corrected chi connectivity index (χ1v) is 9.14. The van der Waals surface area contributed by atoms with Crippen LogP contribution in [0.5, 0.6) is 0 Å². The van der Waals surface area contributed by atoms with E-state index in [-0.39, 0.29) is 5.41 Å². The Morgan fingerprint density at radius 3 is 2.10 bits per heavy atom. The fraction of sp³-hybridized carbons (Fsp3) is 0.824. The zero-order valence-electron chi connectivity index (χ0n) is 13.2. The number of hydrogen-bond donors (Lipinski definition) is 1. The minimum Gasteiger partial charge on any atom is -0.330 e. The Bertz CT molecular complexity index is 380. The Labute approximate surface area is 128 Å². The highest BCUT2D eigenvalue weighted by atomic mass is 32.1. The Balaban J connectivity index is 2.13. The Hall–Kier alpha value is -0.410. The lowest BCUT2D eigenvalue weighted by Gasteiger charge is -2.18. The molecule has 3 heteroatoms. The third-order valence-electron chi connectivity index (χ3n) is 4.43. The second-order valence-corrected chi connectivity index (χ2v) is 7.89. The van der Waals surface area contributed by atoms with Crippen LogP contribution in [0.4, 0.5) is 0 Å². The largest absolute Gasteiger partial charge is 0.330 e. The molecule has 0 bridgehead atoms. The highest BCUT2D eigenvalue weighted by molar-refractivity contribution is 7.11. The molecule has 1 aromatic heterocycles. The normalized spacial score (nSPS) is 18.9. The lowest BCUT2D eigenvalue weighted by Crippen LogP contribution is -2.27. The quantitative estimate of drug-likeness (QED) is 0.866. The first kappa shape index (κ1) is 16.0. The zero-order valence-corrected chi connectivity index (χ0v) is 14.0. The summed E-state index contributed by atoms with van der Waals surface area (Å²) >= 11 is 1.93. The van der Waals surface area contributed by atoms with Gasteiger partial charge in [0, 0.05) is 16.8 Å². The van der Waals surface area contributed by atoms with Crippen LogP contribution >= 0.6 is 11.3 Å². The molecule has 0 atom stereocenters. The van der Waals surface area contributed by atoms with Crippen molar-refractivity contribution in [1.82, 2.24) is 4.98 Å². The fourth-order valence-electron chi connectivity index (χ4n) is 2.79. The number of nitrogens with two attached hydrogens (primary N) is 1. The molecule has 2 rings (SSSR count). The lowest BCUT2D eigenvalue weighted by molar-refractivity contribution is 0.531. The summed E-state index contributed by atoms with van der Waals surface area (Å²) < 4.78 is 0. The van der Waals surface area contributed by atoms with Gasteiger partial charge < -0.3 is 5.73 Å². The van der Waals surface area contributed by atoms with Crippen molar-refractivity contribution in [3.8, 4) is 0 Å². The van der Waals surface area contributed by atoms with E-state index in [1.165, 1.54) is 74.9 Å². The molecule has 1 aromatic rings. The van der Waals surface area contributed by atoms with Gasteiger partial charge in [0.1, 0.15) is 0 Å². The van der Waals surface area contributed by atoms with Crippen molar-refractivity contribution in [1.29, 1.82) is 0 Å². The summed E-state index contributed by atoms with van der Waals surface area (Å²) in [7, 11) is 0. The lowest BCUT2D eigenvalue weighted by atomic mass is 9.95. The van der Waals surface area contributed by atoms with E-state index in [0.29, 0.717) is 6.54 Å². The van der Waals surface area contributed by atoms with Crippen LogP contribution in [-0.2, 0) is 18.3 Å². The van der Waals surface area contributed by atoms with Gasteiger partial charge in [0.05, 0.1) is 10.7 Å². The summed E-state index contributed by atoms with van der Waals surface area (Å²) in [4.78, 5) is 6.50. The van der Waals surface area contributed by atoms with E-state index in [1.807, 2.05) is 11.3 Å². The molecule has 0 fully saturated rings. The van der Waals surface area contributed by atoms with E-state index < -0.39 is 0 Å². The van der Waals surface area contributed by atoms with Crippen LogP contribution in [0.2, 0.25) is 0 Å². The van der Waals surface area contributed by atoms with Gasteiger partial charge >= 0.3 is 0 Å². The van der Waals surface area contributed by atoms with Crippen molar-refractivity contribution in [2.24, 2.45) is 5.73 Å². The molecule has 0 aromatic carbocycles. The van der Waals surface area contributed by atoms with Crippen molar-refractivity contribution in [3.63, 3.8) is 0 Å². The second kappa shape index (κ2) is 7.56. The van der Waals surface area contributed by atoms with Crippen LogP contribution in [-0.4, -0.2) is 11.5 Å². The average molecular weight is 295 g/mol. The van der Waals surface area contributed by atoms with Crippen molar-refractivity contribution >= 4 is 11.3 Å². The van der Waals surface area contributed by atoms with Gasteiger partial charge in [-0.05, 0) is 25.7 Å². The number of fused-ring (bicyclic) bond motifs is 1. The third kappa shape index (κ3) is 4.29. The molecular weight excluding hydrogens is 264 g/mol. The molecule has 2 N–H and O–H groups in total. The Morgan fingerprint density at radius 1 is 0.950 bits per heavy atom. The van der Waals surface area contributed by atoms with Crippen LogP contribution in [0.3, 0.4) is 0 Å². The highest BCUT2D eigenvalue weighted by Gasteiger charge is 2.24. The third-order valence-corrected chi connectivity index (χ3v) is 5.96. The molecule has 1 aliphatic rings. The fourth-order valence-corrected chi connectivity index (χ4v) is 4.05. The van der Waals surface area contributed by atoms with Crippen LogP contribution in [0.15, 0.2) is 0 Å². The van der Waals surface area contributed by atoms with E-state index >= 15 is 0 Å². The van der Waals surface area contributed by atoms with Gasteiger partial charge in [0.15, 0.2) is 0 Å². The molecule has 1 heterocycles. The molecule has 114 valence electrons. The first-order chi connectivity index (χ1) is 9.63. The maximum Gasteiger partial charge on any atom is 0.1000 e. The van der Waals surface area contributed by atoms with Crippen LogP contribution in [0, 0.1) is 0 Å². The summed E-state index contributed by atoms with van der Waals surface area (Å²) in [6.07, 6.45) is 13.5. The summed E-state index contributed by atoms with van der Waals surface area (Å²) in [5.74, 6) is 0. The molecule has 0 aliphatic heterocycles. The van der Waals surface area contributed by atoms with Gasteiger partial charge in [-0.15, -0.1) is 11.3 Å². The molecule has 0 saturated carbocycles. The molecule has 2 nitrogen and oxygen atoms in total. The van der Waals surface area contributed by atoms with E-state index in [1.54, 1.807) is 4.88 Å². The number of thiazole rings is 1. The minimum absolute atomic E-state index is 0.0334. The maximum absolute atomic E-state index is 5.92. The Morgan fingerprint density at radius 2 is 1.50 bits per heavy atom. The number of aromatic nitrogens is 1. The molecule has 0 spiro atoms. The summed E-state index contributed by atoms with van der Waals surface area (Å²) in [6.45, 7) is 5.11. The van der Waals surface area contributed by atoms with E-state index in [2.05, 4.69) is 13.8 Å². The van der Waals surface area contributed by atoms with E-state index in [9.17, 15) is 0 Å². The topological polar surface area (TPSA) is 38.9 Å². The van der Waals surface area contributed by atoms with Crippen LogP contribution < -0.4 is 5.73 Å². The molecule has 20 heavy (non-hydrogen) atoms.